The van der Waals surface area contributed by atoms with Gasteiger partial charge in [0, 0.05) is 5.71 Å². The molecule has 1 N–H and O–H groups in total. The van der Waals surface area contributed by atoms with E-state index in [0.717, 1.165) is 12.1 Å². The van der Waals surface area contributed by atoms with Gasteiger partial charge in [0.15, 0.2) is 0 Å². The third-order valence-corrected chi connectivity index (χ3v) is 2.16. The molecule has 0 aliphatic rings. The van der Waals surface area contributed by atoms with E-state index < -0.39 is 0 Å². The number of hydrogen-bond acceptors (Lipinski definition) is 1. The molecule has 0 aromatic heterocycles. The summed E-state index contributed by atoms with van der Waals surface area (Å²) in [6, 6.07) is 0. The lowest BCUT2D eigenvalue weighted by Crippen LogP contribution is -1.88. The Morgan fingerprint density at radius 3 is 1.92 bits per heavy atom. The van der Waals surface area contributed by atoms with E-state index in [1.807, 2.05) is 6.92 Å². The summed E-state index contributed by atoms with van der Waals surface area (Å²) >= 11 is 0. The Kier molecular flexibility index (Phi) is 8.52. The monoisotopic (exact) mass is 169 g/mol. The SMILES string of the molecule is CCCCCCCCCC(C)=N. The maximum absolute atomic E-state index is 7.24. The van der Waals surface area contributed by atoms with Gasteiger partial charge in [0.2, 0.25) is 0 Å². The van der Waals surface area contributed by atoms with Crippen LogP contribution >= 0.6 is 0 Å². The van der Waals surface area contributed by atoms with Crippen molar-refractivity contribution in [2.45, 2.75) is 65.2 Å². The molecule has 0 bridgehead atoms. The Bertz CT molecular complexity index is 108. The van der Waals surface area contributed by atoms with Gasteiger partial charge in [-0.15, -0.1) is 0 Å². The fourth-order valence-electron chi connectivity index (χ4n) is 1.35. The Labute approximate surface area is 77.1 Å². The summed E-state index contributed by atoms with van der Waals surface area (Å²) in [5, 5.41) is 7.24. The molecular weight excluding hydrogens is 146 g/mol. The van der Waals surface area contributed by atoms with Crippen molar-refractivity contribution in [2.75, 3.05) is 0 Å². The van der Waals surface area contributed by atoms with Crippen LogP contribution in [0.15, 0.2) is 0 Å². The average molecular weight is 169 g/mol. The molecule has 0 aromatic rings. The van der Waals surface area contributed by atoms with Crippen LogP contribution in [0.25, 0.3) is 0 Å². The van der Waals surface area contributed by atoms with Gasteiger partial charge >= 0.3 is 0 Å². The van der Waals surface area contributed by atoms with Crippen molar-refractivity contribution in [3.05, 3.63) is 0 Å². The first kappa shape index (κ1) is 11.7. The lowest BCUT2D eigenvalue weighted by Gasteiger charge is -1.99. The molecule has 1 heteroatoms. The highest BCUT2D eigenvalue weighted by Gasteiger charge is 1.91. The van der Waals surface area contributed by atoms with Crippen LogP contribution in [0.1, 0.15) is 65.2 Å². The molecule has 1 nitrogen and oxygen atoms in total. The van der Waals surface area contributed by atoms with Crippen molar-refractivity contribution < 1.29 is 0 Å². The first-order valence-electron chi connectivity index (χ1n) is 5.31. The predicted octanol–water partition coefficient (Wildman–Crippen LogP) is 4.17. The van der Waals surface area contributed by atoms with Crippen LogP contribution in [-0.4, -0.2) is 5.71 Å². The Morgan fingerprint density at radius 2 is 1.42 bits per heavy atom. The van der Waals surface area contributed by atoms with Gasteiger partial charge in [0.1, 0.15) is 0 Å². The first-order chi connectivity index (χ1) is 5.77. The zero-order chi connectivity index (χ0) is 9.23. The summed E-state index contributed by atoms with van der Waals surface area (Å²) in [7, 11) is 0. The Morgan fingerprint density at radius 1 is 0.917 bits per heavy atom. The van der Waals surface area contributed by atoms with Crippen LogP contribution in [0.2, 0.25) is 0 Å². The second-order valence-corrected chi connectivity index (χ2v) is 3.65. The second kappa shape index (κ2) is 8.76. The van der Waals surface area contributed by atoms with Gasteiger partial charge in [-0.25, -0.2) is 0 Å². The van der Waals surface area contributed by atoms with Gasteiger partial charge in [-0.3, -0.25) is 0 Å². The summed E-state index contributed by atoms with van der Waals surface area (Å²) in [5.41, 5.74) is 0.837. The van der Waals surface area contributed by atoms with E-state index in [0.29, 0.717) is 0 Å². The molecule has 0 unspecified atom stereocenters. The molecule has 0 saturated carbocycles. The van der Waals surface area contributed by atoms with Crippen molar-refractivity contribution in [3.8, 4) is 0 Å². The van der Waals surface area contributed by atoms with E-state index in [-0.39, 0.29) is 0 Å². The lowest BCUT2D eigenvalue weighted by atomic mass is 10.1. The standard InChI is InChI=1S/C11H23N/c1-3-4-5-6-7-8-9-10-11(2)12/h12H,3-10H2,1-2H3. The molecule has 12 heavy (non-hydrogen) atoms. The van der Waals surface area contributed by atoms with Gasteiger partial charge in [0.05, 0.1) is 0 Å². The number of nitrogens with one attached hydrogen (secondary N) is 1. The summed E-state index contributed by atoms with van der Waals surface area (Å²) in [6.45, 7) is 4.15. The van der Waals surface area contributed by atoms with Gasteiger partial charge < -0.3 is 5.41 Å². The summed E-state index contributed by atoms with van der Waals surface area (Å²) in [6.07, 6.45) is 10.4. The molecule has 0 amide bonds. The lowest BCUT2D eigenvalue weighted by molar-refractivity contribution is 0.595. The van der Waals surface area contributed by atoms with E-state index >= 15 is 0 Å². The minimum absolute atomic E-state index is 0.837. The van der Waals surface area contributed by atoms with E-state index in [9.17, 15) is 0 Å². The number of unbranched alkanes of at least 4 members (excludes halogenated alkanes) is 6. The molecule has 0 fully saturated rings. The molecule has 0 saturated heterocycles. The smallest absolute Gasteiger partial charge is 0.00582 e. The molecule has 0 aliphatic heterocycles. The number of hydrogen-bond donors (Lipinski definition) is 1. The summed E-state index contributed by atoms with van der Waals surface area (Å²) < 4.78 is 0. The molecule has 0 rings (SSSR count). The third-order valence-electron chi connectivity index (χ3n) is 2.16. The summed E-state index contributed by atoms with van der Waals surface area (Å²) in [5.74, 6) is 0. The second-order valence-electron chi connectivity index (χ2n) is 3.65. The van der Waals surface area contributed by atoms with Crippen LogP contribution in [0.3, 0.4) is 0 Å². The average Bonchev–Trinajstić information content (AvgIpc) is 2.02. The van der Waals surface area contributed by atoms with Crippen LogP contribution in [0, 0.1) is 5.41 Å². The van der Waals surface area contributed by atoms with Gasteiger partial charge in [-0.1, -0.05) is 45.4 Å². The largest absolute Gasteiger partial charge is 0.310 e. The number of rotatable bonds is 8. The van der Waals surface area contributed by atoms with Crippen molar-refractivity contribution in [3.63, 3.8) is 0 Å². The van der Waals surface area contributed by atoms with Crippen molar-refractivity contribution in [1.82, 2.24) is 0 Å². The van der Waals surface area contributed by atoms with Crippen LogP contribution in [0.5, 0.6) is 0 Å². The highest BCUT2D eigenvalue weighted by molar-refractivity contribution is 5.78. The Balaban J connectivity index is 2.86. The fraction of sp³-hybridized carbons (Fsp3) is 0.909. The first-order valence-corrected chi connectivity index (χ1v) is 5.31. The molecule has 0 aliphatic carbocycles. The predicted molar refractivity (Wildman–Crippen MR) is 56.0 cm³/mol. The van der Waals surface area contributed by atoms with E-state index in [1.54, 1.807) is 0 Å². The molecule has 0 aromatic carbocycles. The molecular formula is C11H23N. The van der Waals surface area contributed by atoms with E-state index in [2.05, 4.69) is 6.92 Å². The maximum atomic E-state index is 7.24. The fourth-order valence-corrected chi connectivity index (χ4v) is 1.35. The topological polar surface area (TPSA) is 23.9 Å². The van der Waals surface area contributed by atoms with Crippen LogP contribution in [0.4, 0.5) is 0 Å². The highest BCUT2D eigenvalue weighted by atomic mass is 14.4. The van der Waals surface area contributed by atoms with Crippen molar-refractivity contribution in [1.29, 1.82) is 5.41 Å². The van der Waals surface area contributed by atoms with Crippen LogP contribution in [-0.2, 0) is 0 Å². The van der Waals surface area contributed by atoms with E-state index in [4.69, 9.17) is 5.41 Å². The molecule has 0 heterocycles. The minimum atomic E-state index is 0.837. The minimum Gasteiger partial charge on any atom is -0.310 e. The Hall–Kier alpha value is -0.330. The molecule has 0 atom stereocenters. The highest BCUT2D eigenvalue weighted by Crippen LogP contribution is 2.08. The normalized spacial score (nSPS) is 10.2. The van der Waals surface area contributed by atoms with E-state index in [1.165, 1.54) is 44.9 Å². The van der Waals surface area contributed by atoms with Gasteiger partial charge in [-0.2, -0.15) is 0 Å². The quantitative estimate of drug-likeness (QED) is 0.416. The molecule has 72 valence electrons. The third kappa shape index (κ3) is 9.67. The maximum Gasteiger partial charge on any atom is 0.00582 e. The zero-order valence-corrected chi connectivity index (χ0v) is 8.66. The molecule has 0 radical (unpaired) electrons. The molecule has 0 spiro atoms. The van der Waals surface area contributed by atoms with Crippen LogP contribution < -0.4 is 0 Å². The van der Waals surface area contributed by atoms with Crippen molar-refractivity contribution >= 4 is 5.71 Å². The van der Waals surface area contributed by atoms with Gasteiger partial charge in [0.25, 0.3) is 0 Å². The zero-order valence-electron chi connectivity index (χ0n) is 8.66. The van der Waals surface area contributed by atoms with Gasteiger partial charge in [-0.05, 0) is 19.8 Å². The van der Waals surface area contributed by atoms with Crippen molar-refractivity contribution in [2.24, 2.45) is 0 Å². The summed E-state index contributed by atoms with van der Waals surface area (Å²) in [4.78, 5) is 0.